The number of morpholine rings is 1. The molecule has 2 atom stereocenters. The summed E-state index contributed by atoms with van der Waals surface area (Å²) in [5, 5.41) is 3.91. The zero-order valence-corrected chi connectivity index (χ0v) is 20.8. The van der Waals surface area contributed by atoms with Gasteiger partial charge < -0.3 is 14.8 Å². The molecule has 1 aliphatic heterocycles. The molecule has 1 aliphatic rings. The second-order valence-corrected chi connectivity index (χ2v) is 11.3. The van der Waals surface area contributed by atoms with Gasteiger partial charge in [-0.15, -0.1) is 0 Å². The smallest absolute Gasteiger partial charge is 0.266 e. The lowest BCUT2D eigenvalue weighted by atomic mass is 10.0. The highest BCUT2D eigenvalue weighted by molar-refractivity contribution is 7.93. The topological polar surface area (TPSA) is 102 Å². The Balaban J connectivity index is 1.64. The molecule has 34 heavy (non-hydrogen) atoms. The van der Waals surface area contributed by atoms with Crippen LogP contribution in [0.1, 0.15) is 25.5 Å². The molecule has 0 radical (unpaired) electrons. The number of benzene rings is 2. The number of anilines is 1. The van der Waals surface area contributed by atoms with Crippen molar-refractivity contribution < 1.29 is 26.7 Å². The highest BCUT2D eigenvalue weighted by atomic mass is 35.5. The number of hydrogen-bond acceptors (Lipinski definition) is 8. The summed E-state index contributed by atoms with van der Waals surface area (Å²) in [6.07, 6.45) is 0.00810. The summed E-state index contributed by atoms with van der Waals surface area (Å²) in [5.74, 6) is -2.86. The fraction of sp³-hybridized carbons (Fsp3) is 0.300. The van der Waals surface area contributed by atoms with Gasteiger partial charge in [-0.1, -0.05) is 23.2 Å². The normalized spacial score (nSPS) is 20.2. The third kappa shape index (κ3) is 5.58. The van der Waals surface area contributed by atoms with Gasteiger partial charge in [-0.3, -0.25) is 4.72 Å². The summed E-state index contributed by atoms with van der Waals surface area (Å²) in [6.45, 7) is 4.01. The van der Waals surface area contributed by atoms with Crippen molar-refractivity contribution in [3.63, 3.8) is 0 Å². The van der Waals surface area contributed by atoms with Crippen molar-refractivity contribution in [2.75, 3.05) is 11.3 Å². The molecule has 8 nitrogen and oxygen atoms in total. The molecule has 0 amide bonds. The Morgan fingerprint density at radius 3 is 2.53 bits per heavy atom. The Kier molecular flexibility index (Phi) is 7.00. The first-order valence-corrected chi connectivity index (χ1v) is 12.8. The predicted molar refractivity (Wildman–Crippen MR) is 124 cm³/mol. The number of nitrogens with one attached hydrogen (secondary N) is 2. The molecular weight excluding hydrogens is 533 g/mol. The van der Waals surface area contributed by atoms with Crippen LogP contribution in [0, 0.1) is 11.6 Å². The maximum absolute atomic E-state index is 14.9. The Labute approximate surface area is 208 Å². The molecule has 14 heteroatoms. The van der Waals surface area contributed by atoms with Crippen molar-refractivity contribution in [3.8, 4) is 5.75 Å². The molecule has 2 N–H and O–H groups in total. The van der Waals surface area contributed by atoms with Crippen LogP contribution >= 0.6 is 34.7 Å². The Hall–Kier alpha value is -2.09. The predicted octanol–water partition coefficient (Wildman–Crippen LogP) is 4.77. The van der Waals surface area contributed by atoms with E-state index in [-0.39, 0.29) is 5.13 Å². The number of hydrogen-bond donors (Lipinski definition) is 2. The van der Waals surface area contributed by atoms with E-state index >= 15 is 0 Å². The van der Waals surface area contributed by atoms with Crippen LogP contribution in [0.15, 0.2) is 41.6 Å². The summed E-state index contributed by atoms with van der Waals surface area (Å²) in [7, 11) is -4.45. The molecule has 2 heterocycles. The van der Waals surface area contributed by atoms with Gasteiger partial charge in [0.1, 0.15) is 17.0 Å². The van der Waals surface area contributed by atoms with Crippen molar-refractivity contribution in [1.29, 1.82) is 0 Å². The van der Waals surface area contributed by atoms with Crippen LogP contribution < -0.4 is 14.8 Å². The van der Waals surface area contributed by atoms with E-state index in [0.29, 0.717) is 34.3 Å². The first-order valence-electron chi connectivity index (χ1n) is 9.76. The van der Waals surface area contributed by atoms with Crippen LogP contribution in [0.4, 0.5) is 13.9 Å². The van der Waals surface area contributed by atoms with Gasteiger partial charge >= 0.3 is 0 Å². The van der Waals surface area contributed by atoms with Crippen molar-refractivity contribution >= 4 is 49.9 Å². The molecule has 182 valence electrons. The van der Waals surface area contributed by atoms with Gasteiger partial charge in [0.05, 0.1) is 11.6 Å². The van der Waals surface area contributed by atoms with Crippen molar-refractivity contribution in [2.24, 2.45) is 0 Å². The van der Waals surface area contributed by atoms with Gasteiger partial charge in [0.2, 0.25) is 11.4 Å². The van der Waals surface area contributed by atoms with E-state index in [9.17, 15) is 17.2 Å². The Morgan fingerprint density at radius 1 is 1.18 bits per heavy atom. The first kappa shape index (κ1) is 25.0. The molecule has 1 aromatic heterocycles. The number of rotatable bonds is 6. The summed E-state index contributed by atoms with van der Waals surface area (Å²) < 4.78 is 72.1. The van der Waals surface area contributed by atoms with Crippen molar-refractivity contribution in [2.45, 2.75) is 36.7 Å². The van der Waals surface area contributed by atoms with E-state index in [0.717, 1.165) is 17.9 Å². The van der Waals surface area contributed by atoms with E-state index in [1.54, 1.807) is 32.0 Å². The molecular formula is C20H18Cl2F2N4O4S2. The van der Waals surface area contributed by atoms with E-state index in [1.807, 2.05) is 4.72 Å². The molecule has 0 saturated carbocycles. The van der Waals surface area contributed by atoms with Gasteiger partial charge in [-0.05, 0) is 37.6 Å². The third-order valence-electron chi connectivity index (χ3n) is 4.80. The Bertz CT molecular complexity index is 1290. The highest BCUT2D eigenvalue weighted by Crippen LogP contribution is 2.35. The number of ether oxygens (including phenoxy) is 2. The maximum atomic E-state index is 14.9. The standard InChI is InChI=1S/C20H18Cl2F2N4O4S2/c1-20(2)8-25-17(10-3-11(21)5-12(22)4-10)18(32-20)31-15-6-14(24)16(7-13(15)23)34(29,30)28-19-26-9-27-33-19/h3-7,9,17-18,25H,8H2,1-2H3,(H,26,27,28)/t17-,18+/m0/s1. The molecule has 2 aromatic carbocycles. The first-order chi connectivity index (χ1) is 15.9. The average molecular weight is 551 g/mol. The van der Waals surface area contributed by atoms with E-state index in [4.69, 9.17) is 32.7 Å². The molecule has 4 rings (SSSR count). The van der Waals surface area contributed by atoms with Gasteiger partial charge in [-0.25, -0.2) is 22.2 Å². The van der Waals surface area contributed by atoms with E-state index in [2.05, 4.69) is 14.7 Å². The minimum atomic E-state index is -4.45. The monoisotopic (exact) mass is 550 g/mol. The highest BCUT2D eigenvalue weighted by Gasteiger charge is 2.39. The van der Waals surface area contributed by atoms with Crippen LogP contribution in [0.5, 0.6) is 5.75 Å². The molecule has 3 aromatic rings. The van der Waals surface area contributed by atoms with Gasteiger partial charge in [0.15, 0.2) is 11.6 Å². The quantitative estimate of drug-likeness (QED) is 0.455. The largest absolute Gasteiger partial charge is 0.460 e. The SMILES string of the molecule is CC1(C)CN[C@@H](c2cc(Cl)cc(Cl)c2)[C@H](Oc2cc(F)c(S(=O)(=O)Nc3ncns3)cc2F)O1. The fourth-order valence-corrected chi connectivity index (χ4v) is 5.59. The van der Waals surface area contributed by atoms with Crippen LogP contribution in [0.25, 0.3) is 0 Å². The summed E-state index contributed by atoms with van der Waals surface area (Å²) >= 11 is 13.0. The second-order valence-electron chi connectivity index (χ2n) is 7.99. The van der Waals surface area contributed by atoms with Gasteiger partial charge in [0.25, 0.3) is 10.0 Å². The summed E-state index contributed by atoms with van der Waals surface area (Å²) in [4.78, 5) is 2.76. The zero-order valence-electron chi connectivity index (χ0n) is 17.7. The lowest BCUT2D eigenvalue weighted by Crippen LogP contribution is -2.54. The zero-order chi connectivity index (χ0) is 24.7. The maximum Gasteiger partial charge on any atom is 0.266 e. The number of sulfonamides is 1. The fourth-order valence-electron chi connectivity index (χ4n) is 3.32. The third-order valence-corrected chi connectivity index (χ3v) is 7.30. The second kappa shape index (κ2) is 9.51. The average Bonchev–Trinajstić information content (AvgIpc) is 3.21. The van der Waals surface area contributed by atoms with Crippen LogP contribution in [0.2, 0.25) is 10.0 Å². The lowest BCUT2D eigenvalue weighted by Gasteiger charge is -2.41. The van der Waals surface area contributed by atoms with E-state index < -0.39 is 50.2 Å². The summed E-state index contributed by atoms with van der Waals surface area (Å²) in [5.41, 5.74) is -0.0904. The number of nitrogens with zero attached hydrogens (tertiary/aromatic N) is 2. The van der Waals surface area contributed by atoms with Crippen molar-refractivity contribution in [1.82, 2.24) is 14.7 Å². The molecule has 1 fully saturated rings. The van der Waals surface area contributed by atoms with Crippen LogP contribution in [0.3, 0.4) is 0 Å². The number of aromatic nitrogens is 2. The Morgan fingerprint density at radius 2 is 1.88 bits per heavy atom. The lowest BCUT2D eigenvalue weighted by molar-refractivity contribution is -0.198. The van der Waals surface area contributed by atoms with Gasteiger partial charge in [-0.2, -0.15) is 4.37 Å². The van der Waals surface area contributed by atoms with E-state index in [1.165, 1.54) is 0 Å². The van der Waals surface area contributed by atoms with Crippen molar-refractivity contribution in [3.05, 3.63) is 63.9 Å². The molecule has 0 unspecified atom stereocenters. The molecule has 0 bridgehead atoms. The number of halogens is 4. The summed E-state index contributed by atoms with van der Waals surface area (Å²) in [6, 6.07) is 5.40. The van der Waals surface area contributed by atoms with Gasteiger partial charge in [0, 0.05) is 40.3 Å². The molecule has 1 saturated heterocycles. The molecule has 0 spiro atoms. The minimum Gasteiger partial charge on any atom is -0.460 e. The van der Waals surface area contributed by atoms with Crippen LogP contribution in [-0.4, -0.2) is 36.2 Å². The molecule has 0 aliphatic carbocycles. The minimum absolute atomic E-state index is 0.0907. The van der Waals surface area contributed by atoms with Crippen LogP contribution in [-0.2, 0) is 14.8 Å².